The zero-order chi connectivity index (χ0) is 23.6. The molecule has 0 saturated carbocycles. The van der Waals surface area contributed by atoms with E-state index in [0.717, 1.165) is 16.7 Å². The molecule has 0 fully saturated rings. The molecule has 0 aliphatic carbocycles. The molecule has 1 aliphatic rings. The van der Waals surface area contributed by atoms with Crippen molar-refractivity contribution in [3.8, 4) is 11.5 Å². The number of nitrogens with one attached hydrogen (secondary N) is 1. The lowest BCUT2D eigenvalue weighted by molar-refractivity contribution is -0.120. The summed E-state index contributed by atoms with van der Waals surface area (Å²) in [4.78, 5) is 13.6. The average molecular weight is 467 g/mol. The van der Waals surface area contributed by atoms with Crippen LogP contribution in [0.1, 0.15) is 16.7 Å². The number of nitrogens with zero attached hydrogens (tertiary/aromatic N) is 1. The minimum Gasteiger partial charge on any atom is -0.497 e. The Morgan fingerprint density at radius 3 is 2.33 bits per heavy atom. The van der Waals surface area contributed by atoms with Crippen LogP contribution in [0.5, 0.6) is 11.5 Å². The molecule has 3 aromatic carbocycles. The molecule has 1 heterocycles. The number of aryl methyl sites for hydroxylation is 1. The zero-order valence-corrected chi connectivity index (χ0v) is 19.6. The molecule has 4 rings (SSSR count). The number of benzene rings is 3. The third-order valence-electron chi connectivity index (χ3n) is 5.80. The monoisotopic (exact) mass is 466 g/mol. The molecule has 1 atom stereocenters. The number of carbonyl (C=O) groups excluding carboxylic acids is 1. The smallest absolute Gasteiger partial charge is 0.244 e. The average Bonchev–Trinajstić information content (AvgIpc) is 2.83. The molecule has 33 heavy (non-hydrogen) atoms. The van der Waals surface area contributed by atoms with Gasteiger partial charge in [-0.05, 0) is 48.7 Å². The van der Waals surface area contributed by atoms with Crippen LogP contribution >= 0.6 is 0 Å². The number of ether oxygens (including phenoxy) is 2. The van der Waals surface area contributed by atoms with Crippen molar-refractivity contribution in [3.05, 3.63) is 83.4 Å². The molecule has 1 amide bonds. The first-order valence-electron chi connectivity index (χ1n) is 10.5. The normalized spacial score (nSPS) is 16.0. The third-order valence-corrected chi connectivity index (χ3v) is 7.67. The highest BCUT2D eigenvalue weighted by molar-refractivity contribution is 7.89. The lowest BCUT2D eigenvalue weighted by Gasteiger charge is -2.35. The van der Waals surface area contributed by atoms with Crippen LogP contribution in [0.4, 0.5) is 5.69 Å². The maximum Gasteiger partial charge on any atom is 0.244 e. The molecule has 0 aromatic heterocycles. The maximum atomic E-state index is 13.6. The Hall–Kier alpha value is -3.36. The third kappa shape index (κ3) is 4.58. The van der Waals surface area contributed by atoms with Crippen molar-refractivity contribution in [2.75, 3.05) is 19.5 Å². The summed E-state index contributed by atoms with van der Waals surface area (Å²) >= 11 is 0. The van der Waals surface area contributed by atoms with Crippen LogP contribution in [0.15, 0.2) is 71.6 Å². The molecular formula is C25H26N2O5S. The Kier molecular flexibility index (Phi) is 6.40. The van der Waals surface area contributed by atoms with Crippen LogP contribution in [-0.2, 0) is 27.8 Å². The number of sulfonamides is 1. The highest BCUT2D eigenvalue weighted by Crippen LogP contribution is 2.32. The first kappa shape index (κ1) is 22.8. The molecule has 8 heteroatoms. The predicted molar refractivity (Wildman–Crippen MR) is 126 cm³/mol. The second-order valence-corrected chi connectivity index (χ2v) is 9.80. The van der Waals surface area contributed by atoms with Gasteiger partial charge in [0.05, 0.1) is 24.8 Å². The highest BCUT2D eigenvalue weighted by Gasteiger charge is 2.39. The van der Waals surface area contributed by atoms with E-state index >= 15 is 0 Å². The number of hydrogen-bond acceptors (Lipinski definition) is 5. The second-order valence-electron chi connectivity index (χ2n) is 7.91. The molecule has 172 valence electrons. The van der Waals surface area contributed by atoms with E-state index in [1.54, 1.807) is 49.6 Å². The summed E-state index contributed by atoms with van der Waals surface area (Å²) in [5, 5.41) is 2.85. The minimum absolute atomic E-state index is 0.115. The summed E-state index contributed by atoms with van der Waals surface area (Å²) in [5.41, 5.74) is 3.24. The molecule has 1 N–H and O–H groups in total. The number of rotatable bonds is 6. The number of fused-ring (bicyclic) bond motifs is 1. The largest absolute Gasteiger partial charge is 0.497 e. The fourth-order valence-corrected chi connectivity index (χ4v) is 5.50. The van der Waals surface area contributed by atoms with Crippen molar-refractivity contribution in [1.82, 2.24) is 4.31 Å². The van der Waals surface area contributed by atoms with Crippen molar-refractivity contribution >= 4 is 21.6 Å². The van der Waals surface area contributed by atoms with E-state index in [2.05, 4.69) is 5.32 Å². The summed E-state index contributed by atoms with van der Waals surface area (Å²) in [7, 11) is -0.876. The zero-order valence-electron chi connectivity index (χ0n) is 18.7. The van der Waals surface area contributed by atoms with Crippen LogP contribution in [0.2, 0.25) is 0 Å². The highest BCUT2D eigenvalue weighted by atomic mass is 32.2. The fourth-order valence-electron chi connectivity index (χ4n) is 3.94. The lowest BCUT2D eigenvalue weighted by Crippen LogP contribution is -2.50. The second kappa shape index (κ2) is 9.25. The van der Waals surface area contributed by atoms with Crippen molar-refractivity contribution in [1.29, 1.82) is 0 Å². The van der Waals surface area contributed by atoms with E-state index in [4.69, 9.17) is 9.47 Å². The standard InChI is InChI=1S/C25H26N2O5S/c1-17-8-11-21(12-9-17)33(29,30)27-16-19-7-5-4-6-18(19)14-23(27)25(28)26-22-13-10-20(31-2)15-24(22)32-3/h4-13,15,23H,14,16H2,1-3H3,(H,26,28)/t23-/m1/s1. The lowest BCUT2D eigenvalue weighted by atomic mass is 9.95. The summed E-state index contributed by atoms with van der Waals surface area (Å²) in [6.07, 6.45) is 0.269. The Bertz CT molecular complexity index is 1270. The Morgan fingerprint density at radius 1 is 0.970 bits per heavy atom. The van der Waals surface area contributed by atoms with E-state index in [1.807, 2.05) is 31.2 Å². The van der Waals surface area contributed by atoms with Gasteiger partial charge >= 0.3 is 0 Å². The van der Waals surface area contributed by atoms with Gasteiger partial charge in [-0.1, -0.05) is 42.0 Å². The number of anilines is 1. The van der Waals surface area contributed by atoms with Gasteiger partial charge in [-0.2, -0.15) is 4.31 Å². The fraction of sp³-hybridized carbons (Fsp3) is 0.240. The van der Waals surface area contributed by atoms with Gasteiger partial charge in [-0.3, -0.25) is 4.79 Å². The van der Waals surface area contributed by atoms with Crippen molar-refractivity contribution in [2.24, 2.45) is 0 Å². The summed E-state index contributed by atoms with van der Waals surface area (Å²) in [6, 6.07) is 18.4. The molecule has 0 spiro atoms. The van der Waals surface area contributed by atoms with Crippen molar-refractivity contribution in [2.45, 2.75) is 30.8 Å². The van der Waals surface area contributed by atoms with Gasteiger partial charge in [-0.25, -0.2) is 8.42 Å². The first-order valence-corrected chi connectivity index (χ1v) is 12.0. The minimum atomic E-state index is -3.91. The van der Waals surface area contributed by atoms with Gasteiger partial charge in [0, 0.05) is 12.6 Å². The van der Waals surface area contributed by atoms with Crippen LogP contribution in [0.3, 0.4) is 0 Å². The Labute approximate surface area is 194 Å². The van der Waals surface area contributed by atoms with Gasteiger partial charge in [-0.15, -0.1) is 0 Å². The molecule has 3 aromatic rings. The molecule has 7 nitrogen and oxygen atoms in total. The van der Waals surface area contributed by atoms with E-state index < -0.39 is 22.0 Å². The molecule has 1 aliphatic heterocycles. The number of amides is 1. The summed E-state index contributed by atoms with van der Waals surface area (Å²) < 4.78 is 39.0. The Balaban J connectivity index is 1.71. The summed E-state index contributed by atoms with van der Waals surface area (Å²) in [5.74, 6) is 0.579. The van der Waals surface area contributed by atoms with Crippen molar-refractivity contribution in [3.63, 3.8) is 0 Å². The predicted octanol–water partition coefficient (Wildman–Crippen LogP) is 3.77. The van der Waals surface area contributed by atoms with Gasteiger partial charge in [0.15, 0.2) is 0 Å². The van der Waals surface area contributed by atoms with E-state index in [1.165, 1.54) is 11.4 Å². The molecule has 0 unspecified atom stereocenters. The number of methoxy groups -OCH3 is 2. The van der Waals surface area contributed by atoms with Crippen molar-refractivity contribution < 1.29 is 22.7 Å². The maximum absolute atomic E-state index is 13.6. The molecule has 0 radical (unpaired) electrons. The number of carbonyl (C=O) groups is 1. The van der Waals surface area contributed by atoms with E-state index in [-0.39, 0.29) is 17.9 Å². The number of hydrogen-bond donors (Lipinski definition) is 1. The molecule has 0 bridgehead atoms. The Morgan fingerprint density at radius 2 is 1.67 bits per heavy atom. The molecule has 0 saturated heterocycles. The van der Waals surface area contributed by atoms with Gasteiger partial charge in [0.1, 0.15) is 17.5 Å². The van der Waals surface area contributed by atoms with Crippen LogP contribution < -0.4 is 14.8 Å². The molecular weight excluding hydrogens is 440 g/mol. The van der Waals surface area contributed by atoms with Crippen LogP contribution in [0.25, 0.3) is 0 Å². The summed E-state index contributed by atoms with van der Waals surface area (Å²) in [6.45, 7) is 2.01. The van der Waals surface area contributed by atoms with Gasteiger partial charge < -0.3 is 14.8 Å². The SMILES string of the molecule is COc1ccc(NC(=O)[C@H]2Cc3ccccc3CN2S(=O)(=O)c2ccc(C)cc2)c(OC)c1. The van der Waals surface area contributed by atoms with Crippen LogP contribution in [0, 0.1) is 6.92 Å². The topological polar surface area (TPSA) is 84.9 Å². The van der Waals surface area contributed by atoms with Gasteiger partial charge in [0.25, 0.3) is 0 Å². The quantitative estimate of drug-likeness (QED) is 0.598. The van der Waals surface area contributed by atoms with Gasteiger partial charge in [0.2, 0.25) is 15.9 Å². The van der Waals surface area contributed by atoms with Crippen LogP contribution in [-0.4, -0.2) is 38.9 Å². The van der Waals surface area contributed by atoms with E-state index in [0.29, 0.717) is 17.2 Å². The van der Waals surface area contributed by atoms with E-state index in [9.17, 15) is 13.2 Å². The first-order chi connectivity index (χ1) is 15.8.